The monoisotopic (exact) mass is 219 g/mol. The standard InChI is InChI=1S/C4H2BrN3OS/c5-3-7-8-1-2(9)6-4(8)10-3/h1H2. The minimum Gasteiger partial charge on any atom is -0.270 e. The van der Waals surface area contributed by atoms with Crippen LogP contribution >= 0.6 is 27.7 Å². The fourth-order valence-corrected chi connectivity index (χ4v) is 2.01. The van der Waals surface area contributed by atoms with E-state index in [1.54, 1.807) is 5.01 Å². The predicted octanol–water partition coefficient (Wildman–Crippen LogP) is 0.597. The van der Waals surface area contributed by atoms with Crippen LogP contribution in [0.2, 0.25) is 0 Å². The van der Waals surface area contributed by atoms with Crippen LogP contribution in [-0.4, -0.2) is 26.6 Å². The highest BCUT2D eigenvalue weighted by Crippen LogP contribution is 2.26. The first-order valence-electron chi connectivity index (χ1n) is 2.57. The molecule has 2 aliphatic heterocycles. The van der Waals surface area contributed by atoms with Crippen molar-refractivity contribution < 1.29 is 4.79 Å². The number of thioether (sulfide) groups is 1. The van der Waals surface area contributed by atoms with Crippen molar-refractivity contribution in [3.05, 3.63) is 0 Å². The first kappa shape index (κ1) is 6.36. The summed E-state index contributed by atoms with van der Waals surface area (Å²) in [7, 11) is 0. The molecule has 0 saturated heterocycles. The summed E-state index contributed by atoms with van der Waals surface area (Å²) in [5.74, 6) is -0.119. The topological polar surface area (TPSA) is 45.0 Å². The van der Waals surface area contributed by atoms with Gasteiger partial charge in [0.15, 0.2) is 9.12 Å². The van der Waals surface area contributed by atoms with E-state index in [9.17, 15) is 4.79 Å². The van der Waals surface area contributed by atoms with E-state index in [0.29, 0.717) is 5.17 Å². The van der Waals surface area contributed by atoms with E-state index in [1.807, 2.05) is 0 Å². The minimum atomic E-state index is -0.119. The lowest BCUT2D eigenvalue weighted by Gasteiger charge is -2.00. The number of hydrogen-bond acceptors (Lipinski definition) is 4. The summed E-state index contributed by atoms with van der Waals surface area (Å²) in [6, 6.07) is 0. The van der Waals surface area contributed by atoms with Crippen LogP contribution in [0.25, 0.3) is 0 Å². The molecule has 2 rings (SSSR count). The van der Waals surface area contributed by atoms with E-state index in [-0.39, 0.29) is 12.5 Å². The summed E-state index contributed by atoms with van der Waals surface area (Å²) in [6.07, 6.45) is 0. The van der Waals surface area contributed by atoms with Crippen molar-refractivity contribution in [3.8, 4) is 0 Å². The van der Waals surface area contributed by atoms with Crippen molar-refractivity contribution in [2.45, 2.75) is 0 Å². The van der Waals surface area contributed by atoms with Crippen LogP contribution in [0.4, 0.5) is 0 Å². The number of carbonyl (C=O) groups is 1. The molecular formula is C4H2BrN3OS. The van der Waals surface area contributed by atoms with Gasteiger partial charge in [0.2, 0.25) is 0 Å². The maximum Gasteiger partial charge on any atom is 0.269 e. The van der Waals surface area contributed by atoms with Crippen molar-refractivity contribution in [2.24, 2.45) is 10.1 Å². The van der Waals surface area contributed by atoms with Crippen molar-refractivity contribution >= 4 is 42.7 Å². The van der Waals surface area contributed by atoms with Gasteiger partial charge in [-0.3, -0.25) is 4.79 Å². The van der Waals surface area contributed by atoms with Crippen molar-refractivity contribution in [2.75, 3.05) is 6.54 Å². The van der Waals surface area contributed by atoms with E-state index >= 15 is 0 Å². The Hall–Kier alpha value is -0.360. The molecule has 0 unspecified atom stereocenters. The van der Waals surface area contributed by atoms with Crippen LogP contribution in [0.1, 0.15) is 0 Å². The van der Waals surface area contributed by atoms with Crippen molar-refractivity contribution in [3.63, 3.8) is 0 Å². The quantitative estimate of drug-likeness (QED) is 0.600. The average molecular weight is 220 g/mol. The van der Waals surface area contributed by atoms with E-state index in [1.165, 1.54) is 11.8 Å². The molecule has 0 radical (unpaired) electrons. The van der Waals surface area contributed by atoms with Crippen molar-refractivity contribution in [1.29, 1.82) is 0 Å². The highest BCUT2D eigenvalue weighted by molar-refractivity contribution is 9.22. The van der Waals surface area contributed by atoms with Crippen LogP contribution in [0.5, 0.6) is 0 Å². The normalized spacial score (nSPS) is 22.9. The molecule has 4 nitrogen and oxygen atoms in total. The van der Waals surface area contributed by atoms with Gasteiger partial charge < -0.3 is 0 Å². The molecule has 0 N–H and O–H groups in total. The maximum absolute atomic E-state index is 10.6. The lowest BCUT2D eigenvalue weighted by Crippen LogP contribution is -2.15. The van der Waals surface area contributed by atoms with Gasteiger partial charge in [-0.2, -0.15) is 10.1 Å². The Kier molecular flexibility index (Phi) is 1.31. The van der Waals surface area contributed by atoms with E-state index in [0.717, 1.165) is 3.95 Å². The lowest BCUT2D eigenvalue weighted by molar-refractivity contribution is -0.117. The Balaban J connectivity index is 2.29. The highest BCUT2D eigenvalue weighted by atomic mass is 79.9. The zero-order valence-corrected chi connectivity index (χ0v) is 7.15. The largest absolute Gasteiger partial charge is 0.270 e. The molecule has 10 heavy (non-hydrogen) atoms. The number of carbonyl (C=O) groups excluding carboxylic acids is 1. The fourth-order valence-electron chi connectivity index (χ4n) is 0.740. The molecule has 0 bridgehead atoms. The summed E-state index contributed by atoms with van der Waals surface area (Å²) >= 11 is 4.55. The number of amides is 1. The third kappa shape index (κ3) is 0.873. The van der Waals surface area contributed by atoms with Crippen LogP contribution in [0.3, 0.4) is 0 Å². The number of fused-ring (bicyclic) bond motifs is 1. The van der Waals surface area contributed by atoms with Gasteiger partial charge in [0.1, 0.15) is 6.54 Å². The first-order valence-corrected chi connectivity index (χ1v) is 4.18. The second-order valence-corrected chi connectivity index (χ2v) is 4.03. The SMILES string of the molecule is O=C1CN2N=C(Br)SC2=N1. The summed E-state index contributed by atoms with van der Waals surface area (Å²) in [6.45, 7) is 0.289. The number of hydrazone groups is 1. The first-order chi connectivity index (χ1) is 4.75. The van der Waals surface area contributed by atoms with Crippen LogP contribution < -0.4 is 0 Å². The van der Waals surface area contributed by atoms with Gasteiger partial charge in [0.25, 0.3) is 5.91 Å². The van der Waals surface area contributed by atoms with Crippen LogP contribution in [0, 0.1) is 0 Å². The van der Waals surface area contributed by atoms with Crippen LogP contribution in [0.15, 0.2) is 10.1 Å². The smallest absolute Gasteiger partial charge is 0.269 e. The Labute approximate surface area is 69.5 Å². The van der Waals surface area contributed by atoms with Gasteiger partial charge in [-0.1, -0.05) is 0 Å². The van der Waals surface area contributed by atoms with E-state index in [2.05, 4.69) is 26.0 Å². The van der Waals surface area contributed by atoms with Gasteiger partial charge in [-0.05, 0) is 27.7 Å². The van der Waals surface area contributed by atoms with Gasteiger partial charge in [0.05, 0.1) is 0 Å². The third-order valence-electron chi connectivity index (χ3n) is 1.10. The Morgan fingerprint density at radius 3 is 3.20 bits per heavy atom. The molecular weight excluding hydrogens is 218 g/mol. The fraction of sp³-hybridized carbons (Fsp3) is 0.250. The molecule has 0 spiro atoms. The molecule has 0 atom stereocenters. The van der Waals surface area contributed by atoms with E-state index in [4.69, 9.17) is 0 Å². The molecule has 0 fully saturated rings. The summed E-state index contributed by atoms with van der Waals surface area (Å²) in [4.78, 5) is 14.4. The molecule has 52 valence electrons. The molecule has 6 heteroatoms. The third-order valence-corrected chi connectivity index (χ3v) is 2.48. The average Bonchev–Trinajstić information content (AvgIpc) is 2.21. The highest BCUT2D eigenvalue weighted by Gasteiger charge is 2.29. The number of aliphatic imine (C=N–C) groups is 1. The summed E-state index contributed by atoms with van der Waals surface area (Å²) < 4.78 is 0.763. The van der Waals surface area contributed by atoms with Gasteiger partial charge >= 0.3 is 0 Å². The van der Waals surface area contributed by atoms with Crippen LogP contribution in [-0.2, 0) is 4.79 Å². The Morgan fingerprint density at radius 2 is 2.50 bits per heavy atom. The zero-order chi connectivity index (χ0) is 7.14. The minimum absolute atomic E-state index is 0.119. The van der Waals surface area contributed by atoms with E-state index < -0.39 is 0 Å². The molecule has 0 aliphatic carbocycles. The van der Waals surface area contributed by atoms with Gasteiger partial charge in [-0.15, -0.1) is 0 Å². The maximum atomic E-state index is 10.6. The molecule has 0 aromatic rings. The molecule has 1 amide bonds. The Bertz CT molecular complexity index is 261. The number of rotatable bonds is 0. The molecule has 0 aromatic carbocycles. The Morgan fingerprint density at radius 1 is 1.70 bits per heavy atom. The lowest BCUT2D eigenvalue weighted by atomic mass is 10.6. The molecule has 2 aliphatic rings. The zero-order valence-electron chi connectivity index (χ0n) is 4.74. The predicted molar refractivity (Wildman–Crippen MR) is 43.1 cm³/mol. The molecule has 0 aromatic heterocycles. The molecule has 0 saturated carbocycles. The number of halogens is 1. The number of hydrogen-bond donors (Lipinski definition) is 0. The molecule has 2 heterocycles. The summed E-state index contributed by atoms with van der Waals surface area (Å²) in [5.41, 5.74) is 0. The van der Waals surface area contributed by atoms with Gasteiger partial charge in [0, 0.05) is 0 Å². The number of nitrogens with zero attached hydrogens (tertiary/aromatic N) is 3. The number of amidine groups is 1. The second kappa shape index (κ2) is 2.06. The summed E-state index contributed by atoms with van der Waals surface area (Å²) in [5, 5.41) is 6.24. The van der Waals surface area contributed by atoms with Crippen molar-refractivity contribution in [1.82, 2.24) is 5.01 Å². The second-order valence-electron chi connectivity index (χ2n) is 1.80. The van der Waals surface area contributed by atoms with Gasteiger partial charge in [-0.25, -0.2) is 5.01 Å².